The Hall–Kier alpha value is -5.84. The second-order valence-corrected chi connectivity index (χ2v) is 40.4. The molecule has 8 aromatic rings. The molecule has 0 spiro atoms. The van der Waals surface area contributed by atoms with Gasteiger partial charge in [0.15, 0.2) is 62.5 Å². The smallest absolute Gasteiger partial charge is 0.161 e. The second kappa shape index (κ2) is 37.1. The first-order valence-corrected chi connectivity index (χ1v) is 46.4. The zero-order chi connectivity index (χ0) is 73.2. The molecule has 3 heterocycles. The Balaban J connectivity index is 0.000000174. The van der Waals surface area contributed by atoms with Gasteiger partial charge in [-0.25, -0.2) is 33.7 Å². The van der Waals surface area contributed by atoms with Gasteiger partial charge in [-0.2, -0.15) is 22.7 Å². The lowest BCUT2D eigenvalue weighted by molar-refractivity contribution is -0.124. The summed E-state index contributed by atoms with van der Waals surface area (Å²) in [6, 6.07) is 45.5. The molecule has 3 aromatic heterocycles. The van der Waals surface area contributed by atoms with Crippen LogP contribution in [0.4, 0.5) is 0 Å². The lowest BCUT2D eigenvalue weighted by Gasteiger charge is -2.36. The van der Waals surface area contributed by atoms with Gasteiger partial charge >= 0.3 is 0 Å². The molecule has 0 N–H and O–H groups in total. The number of ketones is 4. The molecule has 554 valence electrons. The number of sulfone groups is 4. The van der Waals surface area contributed by atoms with Gasteiger partial charge in [0.2, 0.25) is 0 Å². The Morgan fingerprint density at radius 1 is 0.350 bits per heavy atom. The summed E-state index contributed by atoms with van der Waals surface area (Å²) in [6.07, 6.45) is 18.4. The van der Waals surface area contributed by atoms with Gasteiger partial charge in [0.25, 0.3) is 0 Å². The van der Waals surface area contributed by atoms with Crippen LogP contribution in [0.15, 0.2) is 177 Å². The molecule has 0 bridgehead atoms. The number of halogens is 1. The predicted octanol–water partition coefficient (Wildman–Crippen LogP) is 19.1. The Kier molecular flexibility index (Phi) is 29.8. The average molecular weight is 1600 g/mol. The van der Waals surface area contributed by atoms with Crippen molar-refractivity contribution >= 4 is 112 Å². The molecule has 4 aliphatic carbocycles. The molecule has 4 aliphatic rings. The van der Waals surface area contributed by atoms with E-state index in [1.165, 1.54) is 0 Å². The molecule has 0 amide bonds. The second-order valence-electron chi connectivity index (χ2n) is 28.8. The SMILES string of the molecule is C.Cc1ccc(CS(=O)(=O)CC(=O)C2(c3ccccc3)CCCCC2)cc1.Cc1ccc(CS(=O)(=O)CC(=O)C2(c3cccs3)CCCCC2)cc1.Cc1ccc(CS(=O)(=O)CC(=O)C2(c3ccsc3)CCCCC2)cc1.Cc1ccc(CS(=O)(=O)CC(=O)C2(c3ccsc3)CCCCC2)cc1Br. The topological polar surface area (TPSA) is 205 Å². The maximum atomic E-state index is 13.2. The summed E-state index contributed by atoms with van der Waals surface area (Å²) >= 11 is 8.15. The monoisotopic (exact) mass is 1590 g/mol. The van der Waals surface area contributed by atoms with Gasteiger partial charge in [0.1, 0.15) is 23.0 Å². The summed E-state index contributed by atoms with van der Waals surface area (Å²) < 4.78 is 102. The number of benzene rings is 5. The van der Waals surface area contributed by atoms with E-state index >= 15 is 0 Å². The molecular weight excluding hydrogens is 1490 g/mol. The molecule has 4 saturated carbocycles. The lowest BCUT2D eigenvalue weighted by atomic mass is 9.67. The fourth-order valence-electron chi connectivity index (χ4n) is 15.2. The summed E-state index contributed by atoms with van der Waals surface area (Å²) in [5, 5.41) is 9.93. The molecule has 12 rings (SSSR count). The molecule has 4 fully saturated rings. The van der Waals surface area contributed by atoms with E-state index in [4.69, 9.17) is 0 Å². The van der Waals surface area contributed by atoms with E-state index in [1.807, 2.05) is 200 Å². The highest BCUT2D eigenvalue weighted by Crippen LogP contribution is 2.46. The largest absolute Gasteiger partial charge is 0.298 e. The predicted molar refractivity (Wildman–Crippen MR) is 428 cm³/mol. The van der Waals surface area contributed by atoms with Crippen molar-refractivity contribution in [3.63, 3.8) is 0 Å². The highest BCUT2D eigenvalue weighted by molar-refractivity contribution is 9.10. The van der Waals surface area contributed by atoms with Gasteiger partial charge in [-0.15, -0.1) is 11.3 Å². The number of hydrogen-bond donors (Lipinski definition) is 0. The summed E-state index contributed by atoms with van der Waals surface area (Å²) in [7, 11) is -13.9. The number of aryl methyl sites for hydroxylation is 4. The molecule has 5 aromatic carbocycles. The zero-order valence-corrected chi connectivity index (χ0v) is 66.5. The normalized spacial score (nSPS) is 17.0. The van der Waals surface area contributed by atoms with Crippen molar-refractivity contribution in [3.8, 4) is 0 Å². The zero-order valence-electron chi connectivity index (χ0n) is 59.2. The van der Waals surface area contributed by atoms with E-state index in [-0.39, 0.29) is 76.6 Å². The van der Waals surface area contributed by atoms with Crippen LogP contribution < -0.4 is 0 Å². The molecular formula is C83H101BrO12S7. The van der Waals surface area contributed by atoms with Crippen molar-refractivity contribution in [2.24, 2.45) is 0 Å². The van der Waals surface area contributed by atoms with Crippen molar-refractivity contribution in [2.45, 2.75) is 208 Å². The minimum absolute atomic E-state index is 0. The first-order valence-electron chi connectivity index (χ1n) is 35.6. The van der Waals surface area contributed by atoms with Crippen LogP contribution in [0.2, 0.25) is 0 Å². The van der Waals surface area contributed by atoms with E-state index in [0.29, 0.717) is 5.56 Å². The summed E-state index contributed by atoms with van der Waals surface area (Å²) in [5.74, 6) is -2.34. The quantitative estimate of drug-likeness (QED) is 0.0554. The molecule has 0 aliphatic heterocycles. The fourth-order valence-corrected chi connectivity index (χ4v) is 24.0. The number of hydrogen-bond acceptors (Lipinski definition) is 15. The first kappa shape index (κ1) is 82.8. The maximum Gasteiger partial charge on any atom is 0.161 e. The fraction of sp³-hybridized carbons (Fsp3) is 0.446. The van der Waals surface area contributed by atoms with Gasteiger partial charge in [-0.05, 0) is 175 Å². The Morgan fingerprint density at radius 2 is 0.660 bits per heavy atom. The molecule has 0 saturated heterocycles. The standard InChI is InChI=1S/C22H26O3S.C20H23BrO3S2.2C20H24O3S2.CH4/c1-18-10-12-19(13-11-18)16-26(24,25)17-21(23)22(14-6-3-7-15-22)20-8-4-2-5-9-20;1-15-5-6-16(11-18(15)21)13-26(23,24)14-19(22)20(8-3-2-4-9-20)17-7-10-25-12-17;1-16-5-7-17(8-6-16)14-25(22,23)15-19(21)20(10-3-2-4-11-20)18-9-12-24-13-18;1-16-7-9-17(10-8-16)14-25(22,23)15-18(21)20(11-3-2-4-12-20)19-6-5-13-24-19;/h2,4-5,8-13H,3,6-7,14-17H2,1H3;5-7,10-12H,2-4,8-9,13-14H2,1H3;5-9,12-13H,2-4,10-11,14-15H2,1H3;5-10,13H,2-4,11-12,14-15H2,1H3;1H4. The van der Waals surface area contributed by atoms with Gasteiger partial charge in [0.05, 0.1) is 44.7 Å². The van der Waals surface area contributed by atoms with E-state index in [9.17, 15) is 52.8 Å². The van der Waals surface area contributed by atoms with Gasteiger partial charge in [0, 0.05) is 9.35 Å². The van der Waals surface area contributed by atoms with Gasteiger partial charge < -0.3 is 0 Å². The maximum absolute atomic E-state index is 13.2. The van der Waals surface area contributed by atoms with E-state index in [1.54, 1.807) is 34.0 Å². The number of carbonyl (C=O) groups is 4. The third-order valence-corrected chi connectivity index (χ3v) is 30.2. The molecule has 20 heteroatoms. The minimum Gasteiger partial charge on any atom is -0.298 e. The van der Waals surface area contributed by atoms with Crippen LogP contribution >= 0.6 is 49.9 Å². The van der Waals surface area contributed by atoms with Crippen LogP contribution in [0.1, 0.15) is 202 Å². The van der Waals surface area contributed by atoms with Crippen LogP contribution in [-0.4, -0.2) is 79.8 Å². The van der Waals surface area contributed by atoms with Crippen LogP contribution in [0.25, 0.3) is 0 Å². The average Bonchev–Trinajstić information content (AvgIpc) is 1.76. The van der Waals surface area contributed by atoms with E-state index in [0.717, 1.165) is 193 Å². The van der Waals surface area contributed by atoms with Gasteiger partial charge in [-0.1, -0.05) is 238 Å². The van der Waals surface area contributed by atoms with Crippen LogP contribution in [-0.2, 0) is 103 Å². The molecule has 0 unspecified atom stereocenters. The highest BCUT2D eigenvalue weighted by atomic mass is 79.9. The van der Waals surface area contributed by atoms with Crippen LogP contribution in [0.5, 0.6) is 0 Å². The van der Waals surface area contributed by atoms with E-state index < -0.39 is 61.0 Å². The Bertz CT molecular complexity index is 4380. The Morgan fingerprint density at radius 3 is 0.971 bits per heavy atom. The lowest BCUT2D eigenvalue weighted by Crippen LogP contribution is -2.41. The highest BCUT2D eigenvalue weighted by Gasteiger charge is 2.46. The van der Waals surface area contributed by atoms with Crippen molar-refractivity contribution in [1.82, 2.24) is 0 Å². The molecule has 0 radical (unpaired) electrons. The van der Waals surface area contributed by atoms with Crippen LogP contribution in [0, 0.1) is 27.7 Å². The minimum atomic E-state index is -3.51. The third kappa shape index (κ3) is 22.6. The van der Waals surface area contributed by atoms with Crippen molar-refractivity contribution in [2.75, 3.05) is 23.0 Å². The summed E-state index contributed by atoms with van der Waals surface area (Å²) in [4.78, 5) is 53.6. The van der Waals surface area contributed by atoms with E-state index in [2.05, 4.69) is 15.9 Å². The first-order chi connectivity index (χ1) is 48.6. The van der Waals surface area contributed by atoms with Crippen molar-refractivity contribution in [3.05, 3.63) is 243 Å². The third-order valence-electron chi connectivity index (χ3n) is 21.0. The van der Waals surface area contributed by atoms with Crippen molar-refractivity contribution < 1.29 is 52.8 Å². The van der Waals surface area contributed by atoms with Crippen molar-refractivity contribution in [1.29, 1.82) is 0 Å². The Labute approximate surface area is 634 Å². The molecule has 12 nitrogen and oxygen atoms in total. The number of carbonyl (C=O) groups excluding carboxylic acids is 4. The summed E-state index contributed by atoms with van der Waals surface area (Å²) in [6.45, 7) is 7.86. The van der Waals surface area contributed by atoms with Crippen LogP contribution in [0.3, 0.4) is 0 Å². The number of Topliss-reactive ketones (excluding diaryl/α,β-unsaturated/α-hetero) is 4. The molecule has 0 atom stereocenters. The number of thiophene rings is 3. The van der Waals surface area contributed by atoms with Gasteiger partial charge in [-0.3, -0.25) is 19.2 Å². The molecule has 103 heavy (non-hydrogen) atoms. The number of rotatable bonds is 24. The summed E-state index contributed by atoms with van der Waals surface area (Å²) in [5.41, 5.74) is 7.80.